The van der Waals surface area contributed by atoms with Crippen molar-refractivity contribution in [3.05, 3.63) is 100 Å². The van der Waals surface area contributed by atoms with E-state index >= 15 is 0 Å². The summed E-state index contributed by atoms with van der Waals surface area (Å²) in [5.74, 6) is -0.280. The van der Waals surface area contributed by atoms with Crippen LogP contribution in [0.5, 0.6) is 5.75 Å². The summed E-state index contributed by atoms with van der Waals surface area (Å²) in [5.41, 5.74) is 5.96. The molecule has 0 aromatic heterocycles. The van der Waals surface area contributed by atoms with Gasteiger partial charge in [-0.2, -0.15) is 0 Å². The number of carboxylic acids is 1. The number of aliphatic carboxylic acids is 1. The molecule has 0 saturated carbocycles. The van der Waals surface area contributed by atoms with Gasteiger partial charge in [-0.25, -0.2) is 0 Å². The van der Waals surface area contributed by atoms with E-state index in [1.165, 1.54) is 16.7 Å². The highest BCUT2D eigenvalue weighted by atomic mass is 16.5. The number of hydrogen-bond acceptors (Lipinski definition) is 3. The molecule has 0 unspecified atom stereocenters. The Kier molecular flexibility index (Phi) is 7.96. The summed E-state index contributed by atoms with van der Waals surface area (Å²) in [6.07, 6.45) is 2.41. The fourth-order valence-electron chi connectivity index (χ4n) is 5.07. The third kappa shape index (κ3) is 6.63. The molecule has 38 heavy (non-hydrogen) atoms. The Hall–Kier alpha value is -3.60. The van der Waals surface area contributed by atoms with Crippen LogP contribution in [0, 0.1) is 0 Å². The fraction of sp³-hybridized carbons (Fsp3) is 0.394. The summed E-state index contributed by atoms with van der Waals surface area (Å²) in [6.45, 7) is 11.3. The molecule has 1 aliphatic rings. The minimum Gasteiger partial charge on any atom is -0.487 e. The molecule has 1 N–H and O–H groups in total. The molecule has 0 bridgehead atoms. The quantitative estimate of drug-likeness (QED) is 0.350. The van der Waals surface area contributed by atoms with Gasteiger partial charge in [0.25, 0.3) is 5.91 Å². The zero-order valence-corrected chi connectivity index (χ0v) is 23.2. The van der Waals surface area contributed by atoms with E-state index in [1.54, 1.807) is 11.0 Å². The summed E-state index contributed by atoms with van der Waals surface area (Å²) in [6, 6.07) is 22.5. The zero-order chi connectivity index (χ0) is 27.5. The number of carbonyl (C=O) groups is 2. The number of ether oxygens (including phenoxy) is 1. The molecule has 0 radical (unpaired) electrons. The van der Waals surface area contributed by atoms with Gasteiger partial charge in [-0.05, 0) is 64.8 Å². The summed E-state index contributed by atoms with van der Waals surface area (Å²) < 4.78 is 6.36. The van der Waals surface area contributed by atoms with E-state index in [0.717, 1.165) is 29.7 Å². The molecule has 5 nitrogen and oxygen atoms in total. The maximum absolute atomic E-state index is 13.6. The van der Waals surface area contributed by atoms with E-state index in [2.05, 4.69) is 71.0 Å². The third-order valence-electron chi connectivity index (χ3n) is 7.31. The number of nitrogens with zero attached hydrogens (tertiary/aromatic N) is 1. The number of benzene rings is 3. The molecular weight excluding hydrogens is 474 g/mol. The molecule has 3 aromatic carbocycles. The first-order chi connectivity index (χ1) is 18.0. The Morgan fingerprint density at radius 2 is 1.58 bits per heavy atom. The Bertz CT molecular complexity index is 1290. The van der Waals surface area contributed by atoms with E-state index in [1.807, 2.05) is 24.3 Å². The van der Waals surface area contributed by atoms with E-state index in [9.17, 15) is 14.7 Å². The number of carbonyl (C=O) groups excluding carboxylic acids is 1. The normalized spacial score (nSPS) is 16.6. The third-order valence-corrected chi connectivity index (χ3v) is 7.31. The van der Waals surface area contributed by atoms with Gasteiger partial charge in [0.15, 0.2) is 0 Å². The van der Waals surface area contributed by atoms with Crippen LogP contribution in [0.3, 0.4) is 0 Å². The highest BCUT2D eigenvalue weighted by Crippen LogP contribution is 2.38. The van der Waals surface area contributed by atoms with Gasteiger partial charge in [-0.3, -0.25) is 9.59 Å². The van der Waals surface area contributed by atoms with Crippen molar-refractivity contribution in [1.29, 1.82) is 0 Å². The van der Waals surface area contributed by atoms with Crippen molar-refractivity contribution in [3.63, 3.8) is 0 Å². The minimum atomic E-state index is -0.920. The molecule has 0 spiro atoms. The van der Waals surface area contributed by atoms with Crippen molar-refractivity contribution in [3.8, 4) is 5.75 Å². The van der Waals surface area contributed by atoms with Gasteiger partial charge in [0.05, 0.1) is 6.42 Å². The van der Waals surface area contributed by atoms with Crippen LogP contribution < -0.4 is 4.74 Å². The number of rotatable bonds is 9. The summed E-state index contributed by atoms with van der Waals surface area (Å²) in [7, 11) is 0. The summed E-state index contributed by atoms with van der Waals surface area (Å²) >= 11 is 0. The first-order valence-electron chi connectivity index (χ1n) is 13.5. The summed E-state index contributed by atoms with van der Waals surface area (Å²) in [5, 5.41) is 9.29. The maximum Gasteiger partial charge on any atom is 0.305 e. The van der Waals surface area contributed by atoms with Gasteiger partial charge in [0.1, 0.15) is 11.4 Å². The first kappa shape index (κ1) is 27.4. The zero-order valence-electron chi connectivity index (χ0n) is 23.2. The average Bonchev–Trinajstić information content (AvgIpc) is 3.21. The molecule has 1 amide bonds. The van der Waals surface area contributed by atoms with Gasteiger partial charge in [-0.15, -0.1) is 0 Å². The van der Waals surface area contributed by atoms with Gasteiger partial charge >= 0.3 is 5.97 Å². The smallest absolute Gasteiger partial charge is 0.305 e. The van der Waals surface area contributed by atoms with Gasteiger partial charge in [0.2, 0.25) is 0 Å². The average molecular weight is 514 g/mol. The minimum absolute atomic E-state index is 0.0390. The van der Waals surface area contributed by atoms with Crippen LogP contribution in [0.1, 0.15) is 79.2 Å². The van der Waals surface area contributed by atoms with E-state index in [-0.39, 0.29) is 29.9 Å². The Morgan fingerprint density at radius 1 is 0.947 bits per heavy atom. The van der Waals surface area contributed by atoms with Crippen LogP contribution in [-0.2, 0) is 36.0 Å². The van der Waals surface area contributed by atoms with E-state index in [4.69, 9.17) is 4.74 Å². The van der Waals surface area contributed by atoms with Crippen LogP contribution in [0.15, 0.2) is 66.7 Å². The molecule has 3 aromatic rings. The summed E-state index contributed by atoms with van der Waals surface area (Å²) in [4.78, 5) is 26.6. The van der Waals surface area contributed by atoms with Crippen molar-refractivity contribution in [2.75, 3.05) is 6.54 Å². The highest BCUT2D eigenvalue weighted by Gasteiger charge is 2.35. The highest BCUT2D eigenvalue weighted by molar-refractivity contribution is 5.95. The number of fused-ring (bicyclic) bond motifs is 1. The predicted octanol–water partition coefficient (Wildman–Crippen LogP) is 6.60. The van der Waals surface area contributed by atoms with Crippen LogP contribution in [0.2, 0.25) is 0 Å². The molecule has 4 rings (SSSR count). The van der Waals surface area contributed by atoms with Gasteiger partial charge < -0.3 is 14.7 Å². The lowest BCUT2D eigenvalue weighted by molar-refractivity contribution is -0.137. The SMILES string of the molecule is CCc1ccc(C[C@]2(C)Cc3cc(C(=O)N(CCC(=O)O)Cc4ccc(C(C)(C)C)cc4)ccc3O2)cc1. The van der Waals surface area contributed by atoms with Crippen LogP contribution in [0.25, 0.3) is 0 Å². The second-order valence-corrected chi connectivity index (χ2v) is 11.7. The molecular formula is C33H39NO4. The molecule has 1 aliphatic heterocycles. The molecule has 0 aliphatic carbocycles. The lowest BCUT2D eigenvalue weighted by atomic mass is 9.87. The second kappa shape index (κ2) is 11.0. The molecule has 0 saturated heterocycles. The predicted molar refractivity (Wildman–Crippen MR) is 151 cm³/mol. The van der Waals surface area contributed by atoms with Crippen molar-refractivity contribution in [2.45, 2.75) is 77.9 Å². The van der Waals surface area contributed by atoms with Crippen molar-refractivity contribution in [1.82, 2.24) is 4.90 Å². The molecule has 1 heterocycles. The Labute approximate surface area is 226 Å². The topological polar surface area (TPSA) is 66.8 Å². The molecule has 5 heteroatoms. The Morgan fingerprint density at radius 3 is 2.18 bits per heavy atom. The lowest BCUT2D eigenvalue weighted by Crippen LogP contribution is -2.33. The molecule has 1 atom stereocenters. The lowest BCUT2D eigenvalue weighted by Gasteiger charge is -2.24. The van der Waals surface area contributed by atoms with Gasteiger partial charge in [0, 0.05) is 31.5 Å². The van der Waals surface area contributed by atoms with E-state index in [0.29, 0.717) is 18.5 Å². The molecule has 0 fully saturated rings. The maximum atomic E-state index is 13.6. The number of hydrogen-bond donors (Lipinski definition) is 1. The standard InChI is InChI=1S/C33H39NO4/c1-6-23-7-9-24(10-8-23)20-33(5)21-27-19-26(13-16-29(27)38-33)31(37)34(18-17-30(35)36)22-25-11-14-28(15-12-25)32(2,3)4/h7-16,19H,6,17-18,20-22H2,1-5H3,(H,35,36)/t33-/m1/s1. The van der Waals surface area contributed by atoms with E-state index < -0.39 is 5.97 Å². The largest absolute Gasteiger partial charge is 0.487 e. The van der Waals surface area contributed by atoms with Gasteiger partial charge in [-0.1, -0.05) is 76.2 Å². The number of aryl methyl sites for hydroxylation is 1. The van der Waals surface area contributed by atoms with Crippen molar-refractivity contribution in [2.24, 2.45) is 0 Å². The Balaban J connectivity index is 1.50. The molecule has 200 valence electrons. The monoisotopic (exact) mass is 513 g/mol. The van der Waals surface area contributed by atoms with Crippen molar-refractivity contribution >= 4 is 11.9 Å². The van der Waals surface area contributed by atoms with Crippen LogP contribution in [0.4, 0.5) is 0 Å². The van der Waals surface area contributed by atoms with Crippen LogP contribution in [-0.4, -0.2) is 34.0 Å². The second-order valence-electron chi connectivity index (χ2n) is 11.7. The first-order valence-corrected chi connectivity index (χ1v) is 13.5. The number of amides is 1. The number of carboxylic acid groups (broad SMARTS) is 1. The van der Waals surface area contributed by atoms with Crippen LogP contribution >= 0.6 is 0 Å². The van der Waals surface area contributed by atoms with Crippen molar-refractivity contribution < 1.29 is 19.4 Å². The fourth-order valence-corrected chi connectivity index (χ4v) is 5.07.